The first-order valence-corrected chi connectivity index (χ1v) is 15.0. The second-order valence-electron chi connectivity index (χ2n) is 10.3. The Hall–Kier alpha value is -3.18. The van der Waals surface area contributed by atoms with E-state index in [1.165, 1.54) is 24.3 Å². The maximum Gasteiger partial charge on any atom is 0.261 e. The Labute approximate surface area is 240 Å². The third-order valence-corrected chi connectivity index (χ3v) is 8.64. The van der Waals surface area contributed by atoms with Crippen LogP contribution in [0.15, 0.2) is 71.9 Å². The Bertz CT molecular complexity index is 1410. The van der Waals surface area contributed by atoms with E-state index in [9.17, 15) is 18.3 Å². The zero-order valence-electron chi connectivity index (χ0n) is 22.8. The first-order chi connectivity index (χ1) is 19.1. The van der Waals surface area contributed by atoms with Gasteiger partial charge in [-0.25, -0.2) is 8.42 Å². The molecule has 1 amide bonds. The molecule has 214 valence electrons. The van der Waals surface area contributed by atoms with Crippen LogP contribution in [0.5, 0.6) is 5.75 Å². The molecule has 0 fully saturated rings. The Morgan fingerprint density at radius 2 is 1.88 bits per heavy atom. The van der Waals surface area contributed by atoms with Gasteiger partial charge in [-0.3, -0.25) is 19.4 Å². The van der Waals surface area contributed by atoms with Crippen molar-refractivity contribution >= 4 is 33.2 Å². The first kappa shape index (κ1) is 29.8. The van der Waals surface area contributed by atoms with Gasteiger partial charge in [-0.1, -0.05) is 18.5 Å². The number of anilines is 1. The third-order valence-electron chi connectivity index (χ3n) is 6.99. The normalized spacial score (nSPS) is 18.8. The van der Waals surface area contributed by atoms with Crippen LogP contribution in [-0.2, 0) is 27.8 Å². The number of rotatable bonds is 9. The van der Waals surface area contributed by atoms with E-state index in [1.54, 1.807) is 35.5 Å². The number of hydrogen-bond acceptors (Lipinski definition) is 7. The van der Waals surface area contributed by atoms with E-state index in [2.05, 4.69) is 14.6 Å². The van der Waals surface area contributed by atoms with Crippen LogP contribution in [0, 0.1) is 5.92 Å². The van der Waals surface area contributed by atoms with Crippen LogP contribution in [0.3, 0.4) is 0 Å². The molecule has 4 rings (SSSR count). The molecule has 1 aliphatic rings. The summed E-state index contributed by atoms with van der Waals surface area (Å²) in [5.41, 5.74) is 2.00. The quantitative estimate of drug-likeness (QED) is 0.392. The first-order valence-electron chi connectivity index (χ1n) is 13.1. The summed E-state index contributed by atoms with van der Waals surface area (Å²) in [6.07, 6.45) is 3.25. The lowest BCUT2D eigenvalue weighted by molar-refractivity contribution is -0.134. The van der Waals surface area contributed by atoms with Crippen LogP contribution in [0.25, 0.3) is 0 Å². The van der Waals surface area contributed by atoms with Gasteiger partial charge in [-0.2, -0.15) is 0 Å². The lowest BCUT2D eigenvalue weighted by atomic mass is 10.0. The molecule has 40 heavy (non-hydrogen) atoms. The van der Waals surface area contributed by atoms with Gasteiger partial charge in [0.25, 0.3) is 10.0 Å². The predicted octanol–water partition coefficient (Wildman–Crippen LogP) is 3.82. The van der Waals surface area contributed by atoms with Gasteiger partial charge in [0.05, 0.1) is 24.0 Å². The number of carbonyl (C=O) groups is 1. The van der Waals surface area contributed by atoms with Crippen LogP contribution in [0.4, 0.5) is 5.69 Å². The Kier molecular flexibility index (Phi) is 9.68. The molecule has 0 aliphatic carbocycles. The molecule has 3 atom stereocenters. The van der Waals surface area contributed by atoms with Crippen molar-refractivity contribution < 1.29 is 23.1 Å². The van der Waals surface area contributed by atoms with E-state index in [1.807, 2.05) is 33.0 Å². The van der Waals surface area contributed by atoms with Crippen molar-refractivity contribution in [1.29, 1.82) is 0 Å². The maximum atomic E-state index is 13.4. The second kappa shape index (κ2) is 13.0. The van der Waals surface area contributed by atoms with Crippen molar-refractivity contribution in [3.05, 3.63) is 83.1 Å². The third kappa shape index (κ3) is 7.51. The lowest BCUT2D eigenvalue weighted by Crippen LogP contribution is -2.47. The highest BCUT2D eigenvalue weighted by atomic mass is 35.5. The number of aromatic nitrogens is 1. The van der Waals surface area contributed by atoms with Gasteiger partial charge in [0.2, 0.25) is 5.91 Å². The topological polar surface area (TPSA) is 112 Å². The van der Waals surface area contributed by atoms with E-state index >= 15 is 0 Å². The van der Waals surface area contributed by atoms with Crippen LogP contribution < -0.4 is 9.46 Å². The monoisotopic (exact) mass is 586 g/mol. The average Bonchev–Trinajstić information content (AvgIpc) is 2.96. The fourth-order valence-corrected chi connectivity index (χ4v) is 5.89. The molecule has 2 heterocycles. The van der Waals surface area contributed by atoms with Crippen molar-refractivity contribution in [2.24, 2.45) is 5.92 Å². The number of fused-ring (bicyclic) bond motifs is 1. The molecule has 3 aromatic rings. The van der Waals surface area contributed by atoms with Crippen LogP contribution in [0.1, 0.15) is 25.0 Å². The standard InChI is InChI=1S/C29H35ClN4O5S/c1-20-16-34(21(2)19-35)29(36)15-23-14-25(32-40(37,38)26-7-4-24(30)5-8-26)6-9-27(23)39-28(20)18-33(3)17-22-10-12-31-13-11-22/h4-14,20-21,28,32,35H,15-19H2,1-3H3/t20-,21-,28+/m1/s1. The maximum absolute atomic E-state index is 13.4. The number of amides is 1. The molecule has 2 N–H and O–H groups in total. The highest BCUT2D eigenvalue weighted by Crippen LogP contribution is 2.30. The molecule has 0 saturated heterocycles. The minimum atomic E-state index is -3.88. The lowest BCUT2D eigenvalue weighted by Gasteiger charge is -2.34. The summed E-state index contributed by atoms with van der Waals surface area (Å²) in [5, 5.41) is 10.3. The van der Waals surface area contributed by atoms with Crippen molar-refractivity contribution in [2.45, 2.75) is 43.9 Å². The number of likely N-dealkylation sites (N-methyl/N-ethyl adjacent to an activating group) is 1. The zero-order chi connectivity index (χ0) is 28.9. The van der Waals surface area contributed by atoms with Crippen LogP contribution in [-0.4, -0.2) is 73.1 Å². The van der Waals surface area contributed by atoms with E-state index < -0.39 is 10.0 Å². The number of aliphatic hydroxyl groups excluding tert-OH is 1. The van der Waals surface area contributed by atoms with Gasteiger partial charge in [0.1, 0.15) is 11.9 Å². The van der Waals surface area contributed by atoms with Gasteiger partial charge in [0.15, 0.2) is 0 Å². The van der Waals surface area contributed by atoms with Gasteiger partial charge >= 0.3 is 0 Å². The number of nitrogens with one attached hydrogen (secondary N) is 1. The molecule has 0 spiro atoms. The molecule has 0 radical (unpaired) electrons. The fraction of sp³-hybridized carbons (Fsp3) is 0.379. The Balaban J connectivity index is 1.63. The summed E-state index contributed by atoms with van der Waals surface area (Å²) in [7, 11) is -1.86. The summed E-state index contributed by atoms with van der Waals surface area (Å²) in [6, 6.07) is 14.4. The van der Waals surface area contributed by atoms with Crippen molar-refractivity contribution in [3.8, 4) is 5.75 Å². The van der Waals surface area contributed by atoms with E-state index in [4.69, 9.17) is 16.3 Å². The number of nitrogens with zero attached hydrogens (tertiary/aromatic N) is 3. The van der Waals surface area contributed by atoms with E-state index in [-0.39, 0.29) is 41.9 Å². The van der Waals surface area contributed by atoms with Gasteiger partial charge in [-0.15, -0.1) is 0 Å². The van der Waals surface area contributed by atoms with Crippen molar-refractivity contribution in [2.75, 3.05) is 31.5 Å². The molecule has 11 heteroatoms. The minimum absolute atomic E-state index is 0.00246. The molecular weight excluding hydrogens is 552 g/mol. The Morgan fingerprint density at radius 3 is 2.55 bits per heavy atom. The summed E-state index contributed by atoms with van der Waals surface area (Å²) in [5.74, 6) is 0.309. The summed E-state index contributed by atoms with van der Waals surface area (Å²) < 4.78 is 35.1. The predicted molar refractivity (Wildman–Crippen MR) is 155 cm³/mol. The van der Waals surface area contributed by atoms with Gasteiger partial charge in [0, 0.05) is 54.2 Å². The molecule has 9 nitrogen and oxygen atoms in total. The SMILES string of the molecule is C[C@@H]1CN([C@H](C)CO)C(=O)Cc2cc(NS(=O)(=O)c3ccc(Cl)cc3)ccc2O[C@H]1CN(C)Cc1ccncc1. The zero-order valence-corrected chi connectivity index (χ0v) is 24.4. The summed E-state index contributed by atoms with van der Waals surface area (Å²) in [6.45, 7) is 5.38. The van der Waals surface area contributed by atoms with E-state index in [0.717, 1.165) is 5.56 Å². The number of benzene rings is 2. The molecule has 0 bridgehead atoms. The number of pyridine rings is 1. The fourth-order valence-electron chi connectivity index (χ4n) is 4.71. The molecule has 0 unspecified atom stereocenters. The van der Waals surface area contributed by atoms with Gasteiger partial charge in [-0.05, 0) is 74.1 Å². The molecular formula is C29H35ClN4O5S. The largest absolute Gasteiger partial charge is 0.488 e. The molecule has 1 aromatic heterocycles. The highest BCUT2D eigenvalue weighted by Gasteiger charge is 2.31. The number of ether oxygens (including phenoxy) is 1. The van der Waals surface area contributed by atoms with E-state index in [0.29, 0.717) is 41.7 Å². The second-order valence-corrected chi connectivity index (χ2v) is 12.4. The number of halogens is 1. The molecule has 1 aliphatic heterocycles. The number of carbonyl (C=O) groups excluding carboxylic acids is 1. The van der Waals surface area contributed by atoms with Gasteiger partial charge < -0.3 is 14.7 Å². The summed E-state index contributed by atoms with van der Waals surface area (Å²) >= 11 is 5.91. The average molecular weight is 587 g/mol. The molecule has 2 aromatic carbocycles. The minimum Gasteiger partial charge on any atom is -0.488 e. The Morgan fingerprint density at radius 1 is 1.18 bits per heavy atom. The smallest absolute Gasteiger partial charge is 0.261 e. The highest BCUT2D eigenvalue weighted by molar-refractivity contribution is 7.92. The van der Waals surface area contributed by atoms with Crippen molar-refractivity contribution in [3.63, 3.8) is 0 Å². The number of aliphatic hydroxyl groups is 1. The summed E-state index contributed by atoms with van der Waals surface area (Å²) in [4.78, 5) is 21.4. The van der Waals surface area contributed by atoms with Crippen LogP contribution in [0.2, 0.25) is 5.02 Å². The molecule has 0 saturated carbocycles. The van der Waals surface area contributed by atoms with Crippen LogP contribution >= 0.6 is 11.6 Å². The number of sulfonamides is 1. The number of hydrogen-bond donors (Lipinski definition) is 2. The van der Waals surface area contributed by atoms with Crippen molar-refractivity contribution in [1.82, 2.24) is 14.8 Å².